The molecule has 0 unspecified atom stereocenters. The molecular weight excluding hydrogens is 272 g/mol. The third-order valence-electron chi connectivity index (χ3n) is 2.60. The number of nitriles is 1. The molecule has 0 saturated carbocycles. The molecule has 1 nitrogen and oxygen atoms in total. The largest absolute Gasteiger partial charge is 0.207 e. The lowest BCUT2D eigenvalue weighted by molar-refractivity contribution is 0.616. The maximum Gasteiger partial charge on any atom is 0.128 e. The molecule has 0 N–H and O–H groups in total. The van der Waals surface area contributed by atoms with Crippen molar-refractivity contribution in [3.05, 3.63) is 57.8 Å². The minimum atomic E-state index is -0.403. The molecule has 2 rings (SSSR count). The normalized spacial score (nSPS) is 10.1. The molecule has 0 radical (unpaired) electrons. The van der Waals surface area contributed by atoms with Gasteiger partial charge in [-0.25, -0.2) is 4.39 Å². The second-order valence-electron chi connectivity index (χ2n) is 3.73. The number of rotatable bonds is 2. The molecule has 2 aromatic carbocycles. The molecule has 0 aliphatic heterocycles. The van der Waals surface area contributed by atoms with Crippen LogP contribution >= 0.6 is 23.2 Å². The predicted octanol–water partition coefficient (Wildman–Crippen LogP) is 4.87. The minimum Gasteiger partial charge on any atom is -0.207 e. The molecule has 0 amide bonds. The number of nitrogens with zero attached hydrogens (tertiary/aromatic N) is 1. The van der Waals surface area contributed by atoms with Gasteiger partial charge in [0.15, 0.2) is 0 Å². The highest BCUT2D eigenvalue weighted by Gasteiger charge is 2.12. The van der Waals surface area contributed by atoms with E-state index >= 15 is 0 Å². The smallest absolute Gasteiger partial charge is 0.128 e. The van der Waals surface area contributed by atoms with E-state index in [0.29, 0.717) is 26.7 Å². The fourth-order valence-electron chi connectivity index (χ4n) is 1.78. The molecule has 0 aliphatic rings. The van der Waals surface area contributed by atoms with E-state index in [-0.39, 0.29) is 6.42 Å². The third-order valence-corrected chi connectivity index (χ3v) is 3.14. The lowest BCUT2D eigenvalue weighted by Gasteiger charge is -2.10. The number of hydrogen-bond acceptors (Lipinski definition) is 1. The van der Waals surface area contributed by atoms with E-state index in [1.54, 1.807) is 30.3 Å². The zero-order chi connectivity index (χ0) is 13.1. The summed E-state index contributed by atoms with van der Waals surface area (Å²) < 4.78 is 13.7. The maximum atomic E-state index is 13.7. The first-order valence-electron chi connectivity index (χ1n) is 5.23. The highest BCUT2D eigenvalue weighted by Crippen LogP contribution is 2.33. The van der Waals surface area contributed by atoms with Crippen molar-refractivity contribution in [1.82, 2.24) is 0 Å². The fraction of sp³-hybridized carbons (Fsp3) is 0.0714. The summed E-state index contributed by atoms with van der Waals surface area (Å²) in [5, 5.41) is 9.71. The van der Waals surface area contributed by atoms with Crippen molar-refractivity contribution in [1.29, 1.82) is 5.26 Å². The van der Waals surface area contributed by atoms with Crippen LogP contribution in [0.4, 0.5) is 4.39 Å². The van der Waals surface area contributed by atoms with Crippen LogP contribution in [-0.4, -0.2) is 0 Å². The molecule has 0 aromatic heterocycles. The Labute approximate surface area is 114 Å². The minimum absolute atomic E-state index is 0.000954. The molecule has 90 valence electrons. The molecule has 0 spiro atoms. The highest BCUT2D eigenvalue weighted by molar-refractivity contribution is 6.36. The summed E-state index contributed by atoms with van der Waals surface area (Å²) in [6.45, 7) is 0. The second-order valence-corrected chi connectivity index (χ2v) is 4.57. The Balaban J connectivity index is 2.64. The molecule has 0 fully saturated rings. The van der Waals surface area contributed by atoms with Gasteiger partial charge in [-0.15, -0.1) is 0 Å². The van der Waals surface area contributed by atoms with Gasteiger partial charge in [-0.3, -0.25) is 0 Å². The van der Waals surface area contributed by atoms with Gasteiger partial charge in [-0.05, 0) is 23.8 Å². The standard InChI is InChI=1S/C14H8Cl2FN/c15-9-4-5-11(13(16)8-9)10-2-1-3-14(17)12(10)6-7-18/h1-5,8H,6H2. The van der Waals surface area contributed by atoms with Gasteiger partial charge in [0, 0.05) is 21.2 Å². The zero-order valence-electron chi connectivity index (χ0n) is 9.25. The Kier molecular flexibility index (Phi) is 3.86. The van der Waals surface area contributed by atoms with E-state index in [1.807, 2.05) is 6.07 Å². The molecule has 0 aliphatic carbocycles. The first-order chi connectivity index (χ1) is 8.63. The highest BCUT2D eigenvalue weighted by atomic mass is 35.5. The Bertz CT molecular complexity index is 632. The van der Waals surface area contributed by atoms with E-state index in [1.165, 1.54) is 6.07 Å². The fourth-order valence-corrected chi connectivity index (χ4v) is 2.29. The summed E-state index contributed by atoms with van der Waals surface area (Å²) in [6, 6.07) is 11.6. The molecule has 2 aromatic rings. The summed E-state index contributed by atoms with van der Waals surface area (Å²) >= 11 is 11.9. The van der Waals surface area contributed by atoms with Crippen molar-refractivity contribution in [2.75, 3.05) is 0 Å². The molecule has 0 heterocycles. The van der Waals surface area contributed by atoms with Crippen LogP contribution in [0.2, 0.25) is 10.0 Å². The quantitative estimate of drug-likeness (QED) is 0.770. The number of halogens is 3. The van der Waals surface area contributed by atoms with Gasteiger partial charge in [-0.2, -0.15) is 5.26 Å². The van der Waals surface area contributed by atoms with Crippen LogP contribution in [0, 0.1) is 17.1 Å². The zero-order valence-corrected chi connectivity index (χ0v) is 10.8. The first-order valence-corrected chi connectivity index (χ1v) is 5.99. The summed E-state index contributed by atoms with van der Waals surface area (Å²) in [5.74, 6) is -0.403. The van der Waals surface area contributed by atoms with E-state index in [2.05, 4.69) is 0 Å². The molecule has 0 atom stereocenters. The van der Waals surface area contributed by atoms with Gasteiger partial charge >= 0.3 is 0 Å². The summed E-state index contributed by atoms with van der Waals surface area (Å²) in [5.41, 5.74) is 1.65. The molecular formula is C14H8Cl2FN. The van der Waals surface area contributed by atoms with E-state index in [9.17, 15) is 4.39 Å². The molecule has 18 heavy (non-hydrogen) atoms. The Morgan fingerprint density at radius 3 is 2.56 bits per heavy atom. The Morgan fingerprint density at radius 2 is 1.89 bits per heavy atom. The maximum absolute atomic E-state index is 13.7. The van der Waals surface area contributed by atoms with Gasteiger partial charge in [0.05, 0.1) is 12.5 Å². The SMILES string of the molecule is N#CCc1c(F)cccc1-c1ccc(Cl)cc1Cl. The van der Waals surface area contributed by atoms with Gasteiger partial charge in [0.2, 0.25) is 0 Å². The van der Waals surface area contributed by atoms with E-state index in [0.717, 1.165) is 0 Å². The van der Waals surface area contributed by atoms with Gasteiger partial charge in [0.1, 0.15) is 5.82 Å². The monoisotopic (exact) mass is 279 g/mol. The van der Waals surface area contributed by atoms with Crippen LogP contribution in [0.3, 0.4) is 0 Å². The van der Waals surface area contributed by atoms with Crippen molar-refractivity contribution < 1.29 is 4.39 Å². The molecule has 4 heteroatoms. The Hall–Kier alpha value is -1.56. The first kappa shape index (κ1) is 12.9. The average molecular weight is 280 g/mol. The van der Waals surface area contributed by atoms with Crippen LogP contribution < -0.4 is 0 Å². The number of hydrogen-bond donors (Lipinski definition) is 0. The van der Waals surface area contributed by atoms with Crippen molar-refractivity contribution >= 4 is 23.2 Å². The van der Waals surface area contributed by atoms with Crippen molar-refractivity contribution in [3.8, 4) is 17.2 Å². The lowest BCUT2D eigenvalue weighted by Crippen LogP contribution is -1.94. The topological polar surface area (TPSA) is 23.8 Å². The second kappa shape index (κ2) is 5.39. The Morgan fingerprint density at radius 1 is 1.11 bits per heavy atom. The van der Waals surface area contributed by atoms with E-state index < -0.39 is 5.82 Å². The number of benzene rings is 2. The van der Waals surface area contributed by atoms with Gasteiger partial charge in [-0.1, -0.05) is 41.4 Å². The summed E-state index contributed by atoms with van der Waals surface area (Å²) in [7, 11) is 0. The van der Waals surface area contributed by atoms with E-state index in [4.69, 9.17) is 28.5 Å². The predicted molar refractivity (Wildman–Crippen MR) is 71.2 cm³/mol. The summed E-state index contributed by atoms with van der Waals surface area (Å²) in [6.07, 6.45) is 0.000954. The van der Waals surface area contributed by atoms with Crippen molar-refractivity contribution in [2.24, 2.45) is 0 Å². The van der Waals surface area contributed by atoms with Crippen LogP contribution in [0.15, 0.2) is 36.4 Å². The van der Waals surface area contributed by atoms with Crippen LogP contribution in [0.5, 0.6) is 0 Å². The summed E-state index contributed by atoms with van der Waals surface area (Å²) in [4.78, 5) is 0. The average Bonchev–Trinajstić information content (AvgIpc) is 2.32. The van der Waals surface area contributed by atoms with Crippen molar-refractivity contribution in [2.45, 2.75) is 6.42 Å². The van der Waals surface area contributed by atoms with Crippen molar-refractivity contribution in [3.63, 3.8) is 0 Å². The van der Waals surface area contributed by atoms with Crippen LogP contribution in [0.1, 0.15) is 5.56 Å². The third kappa shape index (κ3) is 2.48. The van der Waals surface area contributed by atoms with Crippen LogP contribution in [0.25, 0.3) is 11.1 Å². The molecule has 0 bridgehead atoms. The lowest BCUT2D eigenvalue weighted by atomic mass is 9.97. The van der Waals surface area contributed by atoms with Gasteiger partial charge in [0.25, 0.3) is 0 Å². The van der Waals surface area contributed by atoms with Gasteiger partial charge < -0.3 is 0 Å². The molecule has 0 saturated heterocycles. The van der Waals surface area contributed by atoms with Crippen LogP contribution in [-0.2, 0) is 6.42 Å².